The summed E-state index contributed by atoms with van der Waals surface area (Å²) in [6.45, 7) is 20.8. The monoisotopic (exact) mass is 1070 g/mol. The third-order valence-electron chi connectivity index (χ3n) is 12.8. The Morgan fingerprint density at radius 2 is 0.808 bits per heavy atom. The number of nitriles is 2. The van der Waals surface area contributed by atoms with E-state index in [1.807, 2.05) is 12.1 Å². The van der Waals surface area contributed by atoms with Gasteiger partial charge in [0.05, 0.1) is 18.8 Å². The molecule has 6 aromatic heterocycles. The summed E-state index contributed by atoms with van der Waals surface area (Å²) in [7, 11) is 0. The zero-order chi connectivity index (χ0) is 51.9. The SMILES string of the molecule is CC(C)(C)c1cc(C(C)(C)C)c(-c2ccc(N(c3ccc(-c4cc5sc6cc(/C=C(\C#N)C(=O)O)sc6c5s4)cc3)c3ccc(-c4cc5sc6cc(/C=C(\C#N)C(=O)O)sc6c5s4)cc3)cc2)c(C(C)(C)C)c1. The van der Waals surface area contributed by atoms with Crippen LogP contribution in [0, 0.1) is 22.7 Å². The summed E-state index contributed by atoms with van der Waals surface area (Å²) in [6, 6.07) is 43.4. The van der Waals surface area contributed by atoms with Gasteiger partial charge in [0, 0.05) is 55.4 Å². The van der Waals surface area contributed by atoms with E-state index in [1.165, 1.54) is 72.0 Å². The minimum atomic E-state index is -1.23. The number of hydrogen-bond acceptors (Lipinski definition) is 11. The third-order valence-corrected chi connectivity index (χ3v) is 20.4. The number of benzene rings is 4. The Morgan fingerprint density at radius 1 is 0.466 bits per heavy atom. The summed E-state index contributed by atoms with van der Waals surface area (Å²) in [6.07, 6.45) is 2.90. The van der Waals surface area contributed by atoms with Gasteiger partial charge in [0.25, 0.3) is 0 Å². The average Bonchev–Trinajstić information content (AvgIpc) is 4.20. The lowest BCUT2D eigenvalue weighted by molar-refractivity contribution is -0.133. The van der Waals surface area contributed by atoms with Gasteiger partial charge >= 0.3 is 11.9 Å². The molecule has 10 aromatic rings. The molecule has 0 fully saturated rings. The predicted octanol–water partition coefficient (Wildman–Crippen LogP) is 19.0. The maximum absolute atomic E-state index is 11.5. The molecule has 0 aliphatic carbocycles. The second-order valence-corrected chi connectivity index (χ2v) is 27.6. The van der Waals surface area contributed by atoms with Crippen molar-refractivity contribution in [3.63, 3.8) is 0 Å². The molecule has 0 atom stereocenters. The number of anilines is 3. The molecule has 0 spiro atoms. The van der Waals surface area contributed by atoms with E-state index in [-0.39, 0.29) is 27.4 Å². The first-order valence-corrected chi connectivity index (χ1v) is 28.4. The molecule has 6 heterocycles. The van der Waals surface area contributed by atoms with Crippen molar-refractivity contribution < 1.29 is 19.8 Å². The highest BCUT2D eigenvalue weighted by molar-refractivity contribution is 7.40. The van der Waals surface area contributed by atoms with Crippen molar-refractivity contribution in [2.45, 2.75) is 78.6 Å². The van der Waals surface area contributed by atoms with E-state index < -0.39 is 11.9 Å². The Morgan fingerprint density at radius 3 is 1.14 bits per heavy atom. The predicted molar refractivity (Wildman–Crippen MR) is 313 cm³/mol. The quantitative estimate of drug-likeness (QED) is 0.103. The summed E-state index contributed by atoms with van der Waals surface area (Å²) in [4.78, 5) is 29.1. The van der Waals surface area contributed by atoms with Crippen LogP contribution in [-0.4, -0.2) is 22.2 Å². The first-order chi connectivity index (χ1) is 34.6. The van der Waals surface area contributed by atoms with Crippen molar-refractivity contribution in [2.75, 3.05) is 4.90 Å². The second-order valence-electron chi connectivity index (χ2n) is 21.1. The number of thiophene rings is 6. The molecule has 10 rings (SSSR count). The van der Waals surface area contributed by atoms with Crippen LogP contribution in [0.2, 0.25) is 0 Å². The van der Waals surface area contributed by atoms with Gasteiger partial charge in [-0.15, -0.1) is 68.0 Å². The molecule has 0 bridgehead atoms. The van der Waals surface area contributed by atoms with Gasteiger partial charge in [-0.3, -0.25) is 0 Å². The van der Waals surface area contributed by atoms with E-state index >= 15 is 0 Å². The fourth-order valence-corrected chi connectivity index (χ4v) is 17.0. The van der Waals surface area contributed by atoms with Gasteiger partial charge in [-0.25, -0.2) is 9.59 Å². The zero-order valence-corrected chi connectivity index (χ0v) is 46.4. The molecule has 73 heavy (non-hydrogen) atoms. The highest BCUT2D eigenvalue weighted by Gasteiger charge is 2.30. The van der Waals surface area contributed by atoms with E-state index in [0.29, 0.717) is 0 Å². The van der Waals surface area contributed by atoms with E-state index in [4.69, 9.17) is 0 Å². The normalized spacial score (nSPS) is 12.8. The molecule has 0 aliphatic rings. The maximum atomic E-state index is 11.5. The van der Waals surface area contributed by atoms with Crippen molar-refractivity contribution in [3.05, 3.63) is 147 Å². The first kappa shape index (κ1) is 49.9. The van der Waals surface area contributed by atoms with Crippen LogP contribution >= 0.6 is 68.0 Å². The van der Waals surface area contributed by atoms with Gasteiger partial charge < -0.3 is 15.1 Å². The molecule has 4 aromatic carbocycles. The molecule has 0 saturated carbocycles. The molecule has 7 nitrogen and oxygen atoms in total. The molecule has 0 saturated heterocycles. The number of hydrogen-bond donors (Lipinski definition) is 2. The molecular formula is C60H49N3O4S6. The third kappa shape index (κ3) is 9.58. The summed E-state index contributed by atoms with van der Waals surface area (Å²) in [5.41, 5.74) is 11.0. The van der Waals surface area contributed by atoms with Crippen LogP contribution in [0.4, 0.5) is 17.1 Å². The molecule has 364 valence electrons. The Kier molecular flexibility index (Phi) is 12.8. The van der Waals surface area contributed by atoms with Crippen molar-refractivity contribution in [3.8, 4) is 44.1 Å². The van der Waals surface area contributed by atoms with E-state index in [1.54, 1.807) is 57.5 Å². The van der Waals surface area contributed by atoms with E-state index in [0.717, 1.165) is 75.9 Å². The van der Waals surface area contributed by atoms with Crippen LogP contribution in [0.1, 0.15) is 88.8 Å². The molecule has 0 unspecified atom stereocenters. The van der Waals surface area contributed by atoms with Crippen molar-refractivity contribution >= 4 is 147 Å². The van der Waals surface area contributed by atoms with Crippen LogP contribution in [0.5, 0.6) is 0 Å². The minimum absolute atomic E-state index is 0.00688. The summed E-state index contributed by atoms with van der Waals surface area (Å²) in [5.74, 6) is -2.46. The Labute approximate surface area is 448 Å². The lowest BCUT2D eigenvalue weighted by atomic mass is 9.71. The molecule has 0 aliphatic heterocycles. The van der Waals surface area contributed by atoms with Gasteiger partial charge in [-0.2, -0.15) is 10.5 Å². The second kappa shape index (κ2) is 18.7. The van der Waals surface area contributed by atoms with Crippen LogP contribution in [0.25, 0.3) is 81.8 Å². The standard InChI is InChI=1S/C60H49N3O4S6/c1-58(2,3)37-24-43(59(4,5)6)51(44(25-37)60(7,8)9)34-14-20-40(21-15-34)63(38-16-10-32(11-17-38)45-28-49-54(72-45)52-47(70-49)26-41(68-52)22-35(30-61)56(64)65)39-18-12-33(13-19-39)46-29-50-55(73-46)53-48(71-50)27-42(69-53)23-36(31-62)57(66)67/h10-29H,1-9H3,(H,64,65)(H,66,67)/b35-22+,36-23+. The van der Waals surface area contributed by atoms with Crippen LogP contribution in [-0.2, 0) is 25.8 Å². The summed E-state index contributed by atoms with van der Waals surface area (Å²) in [5, 5.41) is 37.5. The number of fused-ring (bicyclic) bond motifs is 6. The van der Waals surface area contributed by atoms with Crippen molar-refractivity contribution in [1.82, 2.24) is 0 Å². The molecule has 0 radical (unpaired) electrons. The van der Waals surface area contributed by atoms with Gasteiger partial charge in [-0.1, -0.05) is 111 Å². The van der Waals surface area contributed by atoms with Crippen molar-refractivity contribution in [1.29, 1.82) is 10.5 Å². The number of aliphatic carboxylic acids is 2. The van der Waals surface area contributed by atoms with E-state index in [2.05, 4.69) is 164 Å². The smallest absolute Gasteiger partial charge is 0.346 e. The fraction of sp³-hybridized carbons (Fsp3) is 0.200. The molecular weight excluding hydrogens is 1020 g/mol. The van der Waals surface area contributed by atoms with Gasteiger partial charge in [0.15, 0.2) is 0 Å². The number of rotatable bonds is 10. The Bertz CT molecular complexity index is 3760. The maximum Gasteiger partial charge on any atom is 0.346 e. The summed E-state index contributed by atoms with van der Waals surface area (Å²) >= 11 is 9.83. The number of nitrogens with zero attached hydrogens (tertiary/aromatic N) is 3. The largest absolute Gasteiger partial charge is 0.477 e. The summed E-state index contributed by atoms with van der Waals surface area (Å²) < 4.78 is 9.04. The molecule has 13 heteroatoms. The fourth-order valence-electron chi connectivity index (χ4n) is 9.04. The van der Waals surface area contributed by atoms with Crippen molar-refractivity contribution in [2.24, 2.45) is 0 Å². The Hall–Kier alpha value is -6.68. The van der Waals surface area contributed by atoms with E-state index in [9.17, 15) is 30.3 Å². The molecule has 0 amide bonds. The highest BCUT2D eigenvalue weighted by Crippen LogP contribution is 2.50. The lowest BCUT2D eigenvalue weighted by Gasteiger charge is -2.34. The average molecular weight is 1070 g/mol. The van der Waals surface area contributed by atoms with Crippen LogP contribution in [0.15, 0.2) is 120 Å². The minimum Gasteiger partial charge on any atom is -0.477 e. The van der Waals surface area contributed by atoms with Gasteiger partial charge in [0.2, 0.25) is 0 Å². The van der Waals surface area contributed by atoms with Crippen LogP contribution in [0.3, 0.4) is 0 Å². The van der Waals surface area contributed by atoms with Gasteiger partial charge in [0.1, 0.15) is 23.3 Å². The first-order valence-electron chi connectivity index (χ1n) is 23.5. The number of carbonyl (C=O) groups is 2. The molecule has 2 N–H and O–H groups in total. The van der Waals surface area contributed by atoms with Crippen LogP contribution < -0.4 is 4.90 Å². The zero-order valence-electron chi connectivity index (χ0n) is 41.5. The number of carboxylic acid groups (broad SMARTS) is 2. The Balaban J connectivity index is 1.03. The van der Waals surface area contributed by atoms with Gasteiger partial charge in [-0.05, 0) is 128 Å². The highest BCUT2D eigenvalue weighted by atomic mass is 32.1. The topological polar surface area (TPSA) is 125 Å². The number of carboxylic acids is 2. The lowest BCUT2D eigenvalue weighted by Crippen LogP contribution is -2.23.